The Kier molecular flexibility index (Phi) is 6.11. The first-order valence-corrected chi connectivity index (χ1v) is 9.66. The van der Waals surface area contributed by atoms with E-state index in [-0.39, 0.29) is 26.4 Å². The van der Waals surface area contributed by atoms with Crippen LogP contribution in [-0.2, 0) is 14.8 Å². The third-order valence-corrected chi connectivity index (χ3v) is 5.34. The second kappa shape index (κ2) is 7.71. The van der Waals surface area contributed by atoms with Crippen molar-refractivity contribution in [3.8, 4) is 0 Å². The summed E-state index contributed by atoms with van der Waals surface area (Å²) in [5, 5.41) is 7.32. The summed E-state index contributed by atoms with van der Waals surface area (Å²) < 4.78 is 36.1. The molecule has 128 valence electrons. The third-order valence-electron chi connectivity index (χ3n) is 2.80. The number of halogens is 3. The lowest BCUT2D eigenvalue weighted by Crippen LogP contribution is -2.16. The summed E-state index contributed by atoms with van der Waals surface area (Å²) in [5.41, 5.74) is 0.0601. The minimum absolute atomic E-state index is 0.0601. The molecule has 0 aliphatic rings. The number of primary sulfonamides is 1. The van der Waals surface area contributed by atoms with Crippen LogP contribution in [0.3, 0.4) is 0 Å². The normalized spacial score (nSPS) is 11.3. The maximum atomic E-state index is 13.5. The SMILES string of the molecule is NS(=O)(=O)c1cc(Cl)c(NC(=O)CSc2ccccc2F)c(Cl)c1. The molecular weight excluding hydrogens is 398 g/mol. The second-order valence-electron chi connectivity index (χ2n) is 4.57. The number of sulfonamides is 1. The average Bonchev–Trinajstić information content (AvgIpc) is 2.49. The fourth-order valence-electron chi connectivity index (χ4n) is 1.71. The molecule has 0 saturated carbocycles. The quantitative estimate of drug-likeness (QED) is 0.740. The second-order valence-corrected chi connectivity index (χ2v) is 7.97. The van der Waals surface area contributed by atoms with Crippen LogP contribution in [0.2, 0.25) is 10.0 Å². The van der Waals surface area contributed by atoms with Crippen molar-refractivity contribution in [2.75, 3.05) is 11.1 Å². The van der Waals surface area contributed by atoms with E-state index in [1.54, 1.807) is 18.2 Å². The Morgan fingerprint density at radius 1 is 1.21 bits per heavy atom. The molecular formula is C14H11Cl2FN2O3S2. The summed E-state index contributed by atoms with van der Waals surface area (Å²) in [6.45, 7) is 0. The van der Waals surface area contributed by atoms with E-state index in [4.69, 9.17) is 28.3 Å². The smallest absolute Gasteiger partial charge is 0.238 e. The van der Waals surface area contributed by atoms with Crippen molar-refractivity contribution in [1.29, 1.82) is 0 Å². The zero-order valence-electron chi connectivity index (χ0n) is 11.9. The van der Waals surface area contributed by atoms with Gasteiger partial charge in [-0.05, 0) is 24.3 Å². The molecule has 0 fully saturated rings. The van der Waals surface area contributed by atoms with Crippen molar-refractivity contribution in [3.05, 3.63) is 52.3 Å². The van der Waals surface area contributed by atoms with E-state index in [9.17, 15) is 17.6 Å². The van der Waals surface area contributed by atoms with Crippen LogP contribution in [0.1, 0.15) is 0 Å². The van der Waals surface area contributed by atoms with Crippen LogP contribution in [-0.4, -0.2) is 20.1 Å². The fraction of sp³-hybridized carbons (Fsp3) is 0.0714. The number of benzene rings is 2. The molecule has 5 nitrogen and oxygen atoms in total. The highest BCUT2D eigenvalue weighted by Crippen LogP contribution is 2.33. The molecule has 1 amide bonds. The third kappa shape index (κ3) is 4.84. The number of hydrogen-bond acceptors (Lipinski definition) is 4. The lowest BCUT2D eigenvalue weighted by Gasteiger charge is -2.11. The molecule has 2 aromatic rings. The van der Waals surface area contributed by atoms with Crippen LogP contribution in [0.25, 0.3) is 0 Å². The van der Waals surface area contributed by atoms with E-state index in [2.05, 4.69) is 5.32 Å². The number of carbonyl (C=O) groups excluding carboxylic acids is 1. The molecule has 0 saturated heterocycles. The van der Waals surface area contributed by atoms with Crippen LogP contribution in [0.5, 0.6) is 0 Å². The molecule has 0 aliphatic carbocycles. The maximum absolute atomic E-state index is 13.5. The Labute approximate surface area is 152 Å². The number of carbonyl (C=O) groups is 1. The van der Waals surface area contributed by atoms with Gasteiger partial charge in [0.2, 0.25) is 15.9 Å². The predicted octanol–water partition coefficient (Wildman–Crippen LogP) is 3.51. The predicted molar refractivity (Wildman–Crippen MR) is 93.6 cm³/mol. The summed E-state index contributed by atoms with van der Waals surface area (Å²) >= 11 is 12.9. The van der Waals surface area contributed by atoms with Gasteiger partial charge in [0.1, 0.15) is 5.82 Å². The molecule has 10 heteroatoms. The van der Waals surface area contributed by atoms with Gasteiger partial charge in [-0.3, -0.25) is 4.79 Å². The molecule has 0 aliphatic heterocycles. The van der Waals surface area contributed by atoms with Crippen molar-refractivity contribution < 1.29 is 17.6 Å². The van der Waals surface area contributed by atoms with Crippen molar-refractivity contribution in [1.82, 2.24) is 0 Å². The van der Waals surface area contributed by atoms with Crippen LogP contribution in [0, 0.1) is 5.82 Å². The zero-order chi connectivity index (χ0) is 17.9. The number of anilines is 1. The first-order valence-electron chi connectivity index (χ1n) is 6.37. The molecule has 0 heterocycles. The molecule has 2 rings (SSSR count). The monoisotopic (exact) mass is 408 g/mol. The van der Waals surface area contributed by atoms with Crippen molar-refractivity contribution in [2.45, 2.75) is 9.79 Å². The fourth-order valence-corrected chi connectivity index (χ4v) is 3.73. The van der Waals surface area contributed by atoms with Crippen LogP contribution < -0.4 is 10.5 Å². The largest absolute Gasteiger partial charge is 0.323 e. The van der Waals surface area contributed by atoms with Gasteiger partial charge in [0.05, 0.1) is 26.4 Å². The number of hydrogen-bond donors (Lipinski definition) is 2. The Morgan fingerprint density at radius 3 is 2.33 bits per heavy atom. The van der Waals surface area contributed by atoms with Gasteiger partial charge in [0.15, 0.2) is 0 Å². The van der Waals surface area contributed by atoms with Crippen LogP contribution in [0.4, 0.5) is 10.1 Å². The number of thioether (sulfide) groups is 1. The van der Waals surface area contributed by atoms with Crippen molar-refractivity contribution in [3.63, 3.8) is 0 Å². The molecule has 0 unspecified atom stereocenters. The van der Waals surface area contributed by atoms with E-state index in [0.717, 1.165) is 23.9 Å². The first kappa shape index (κ1) is 19.0. The van der Waals surface area contributed by atoms with Gasteiger partial charge in [-0.1, -0.05) is 35.3 Å². The number of amides is 1. The van der Waals surface area contributed by atoms with Gasteiger partial charge in [0, 0.05) is 4.90 Å². The Balaban J connectivity index is 2.11. The highest BCUT2D eigenvalue weighted by molar-refractivity contribution is 8.00. The Hall–Kier alpha value is -1.32. The standard InChI is InChI=1S/C14H11Cl2FN2O3S2/c15-9-5-8(24(18,21)22)6-10(16)14(9)19-13(20)7-23-12-4-2-1-3-11(12)17/h1-6H,7H2,(H,19,20)(H2,18,21,22). The Bertz CT molecular complexity index is 868. The molecule has 0 aromatic heterocycles. The van der Waals surface area contributed by atoms with Gasteiger partial charge in [0.25, 0.3) is 0 Å². The minimum Gasteiger partial charge on any atom is -0.323 e. The summed E-state index contributed by atoms with van der Waals surface area (Å²) in [5.74, 6) is -0.982. The average molecular weight is 409 g/mol. The Morgan fingerprint density at radius 2 is 1.79 bits per heavy atom. The van der Waals surface area contributed by atoms with Crippen molar-refractivity contribution in [2.24, 2.45) is 5.14 Å². The van der Waals surface area contributed by atoms with Crippen molar-refractivity contribution >= 4 is 56.6 Å². The van der Waals surface area contributed by atoms with Crippen LogP contribution >= 0.6 is 35.0 Å². The van der Waals surface area contributed by atoms with E-state index >= 15 is 0 Å². The molecule has 3 N–H and O–H groups in total. The number of nitrogens with two attached hydrogens (primary N) is 1. The summed E-state index contributed by atoms with van der Waals surface area (Å²) in [6.07, 6.45) is 0. The number of rotatable bonds is 5. The molecule has 0 radical (unpaired) electrons. The van der Waals surface area contributed by atoms with Crippen LogP contribution in [0.15, 0.2) is 46.2 Å². The van der Waals surface area contributed by atoms with Gasteiger partial charge in [-0.2, -0.15) is 0 Å². The van der Waals surface area contributed by atoms with Gasteiger partial charge < -0.3 is 5.32 Å². The lowest BCUT2D eigenvalue weighted by atomic mass is 10.3. The topological polar surface area (TPSA) is 89.3 Å². The van der Waals surface area contributed by atoms with E-state index in [1.807, 2.05) is 0 Å². The van der Waals surface area contributed by atoms with E-state index < -0.39 is 21.7 Å². The molecule has 0 spiro atoms. The van der Waals surface area contributed by atoms with Gasteiger partial charge in [-0.15, -0.1) is 11.8 Å². The highest BCUT2D eigenvalue weighted by Gasteiger charge is 2.16. The summed E-state index contributed by atoms with van der Waals surface area (Å²) in [4.78, 5) is 12.0. The first-order chi connectivity index (χ1) is 11.2. The van der Waals surface area contributed by atoms with E-state index in [0.29, 0.717) is 4.90 Å². The lowest BCUT2D eigenvalue weighted by molar-refractivity contribution is -0.113. The number of nitrogens with one attached hydrogen (secondary N) is 1. The summed E-state index contributed by atoms with van der Waals surface area (Å²) in [7, 11) is -3.97. The maximum Gasteiger partial charge on any atom is 0.238 e. The summed E-state index contributed by atoms with van der Waals surface area (Å²) in [6, 6.07) is 8.22. The van der Waals surface area contributed by atoms with Gasteiger partial charge in [-0.25, -0.2) is 17.9 Å². The zero-order valence-corrected chi connectivity index (χ0v) is 15.1. The molecule has 0 atom stereocenters. The molecule has 24 heavy (non-hydrogen) atoms. The van der Waals surface area contributed by atoms with Gasteiger partial charge >= 0.3 is 0 Å². The van der Waals surface area contributed by atoms with E-state index in [1.165, 1.54) is 6.07 Å². The minimum atomic E-state index is -3.97. The highest BCUT2D eigenvalue weighted by atomic mass is 35.5. The molecule has 2 aromatic carbocycles. The molecule has 0 bridgehead atoms.